The van der Waals surface area contributed by atoms with Crippen LogP contribution in [0.25, 0.3) is 0 Å². The number of rotatable bonds is 12. The molecule has 2 unspecified atom stereocenters. The Morgan fingerprint density at radius 2 is 1.07 bits per heavy atom. The van der Waals surface area contributed by atoms with Crippen LogP contribution in [-0.4, -0.2) is 13.2 Å². The molecule has 7 heteroatoms. The maximum absolute atomic E-state index is 6.04. The van der Waals surface area contributed by atoms with Crippen LogP contribution >= 0.6 is 0 Å². The van der Waals surface area contributed by atoms with Crippen LogP contribution in [0.5, 0.6) is 17.2 Å². The Balaban J connectivity index is 0. The van der Waals surface area contributed by atoms with E-state index in [0.717, 1.165) is 43.1 Å². The third-order valence-corrected chi connectivity index (χ3v) is 5.99. The molecule has 0 saturated carbocycles. The second-order valence-corrected chi connectivity index (χ2v) is 9.08. The first-order valence-corrected chi connectivity index (χ1v) is 12.8. The molecule has 0 saturated heterocycles. The van der Waals surface area contributed by atoms with Crippen molar-refractivity contribution in [3.05, 3.63) is 133 Å². The van der Waals surface area contributed by atoms with Gasteiger partial charge in [-0.25, -0.2) is 0 Å². The zero-order valence-corrected chi connectivity index (χ0v) is 35.3. The first kappa shape index (κ1) is 42.6. The summed E-state index contributed by atoms with van der Waals surface area (Å²) in [5.74, 6) is 3.59. The monoisotopic (exact) mass is 1130 g/mol. The minimum Gasteiger partial charge on any atom is -0.665 e. The molecule has 0 aromatic heterocycles. The van der Waals surface area contributed by atoms with Crippen LogP contribution in [0.1, 0.15) is 37.8 Å². The molecule has 0 bridgehead atoms. The van der Waals surface area contributed by atoms with Gasteiger partial charge in [0, 0.05) is 102 Å². The van der Waals surface area contributed by atoms with Gasteiger partial charge in [-0.1, -0.05) is 44.5 Å². The van der Waals surface area contributed by atoms with E-state index in [4.69, 9.17) is 14.2 Å². The quantitative estimate of drug-likeness (QED) is 0.135. The Hall–Kier alpha value is -0.551. The topological polar surface area (TPSA) is 27.7 Å². The molecule has 41 heavy (non-hydrogen) atoms. The molecule has 215 valence electrons. The minimum absolute atomic E-state index is 0. The number of ether oxygens (including phenoxy) is 3. The van der Waals surface area contributed by atoms with Crippen LogP contribution in [0.4, 0.5) is 0 Å². The van der Waals surface area contributed by atoms with Crippen molar-refractivity contribution in [3.63, 3.8) is 0 Å². The van der Waals surface area contributed by atoms with Crippen molar-refractivity contribution in [2.24, 2.45) is 11.8 Å². The summed E-state index contributed by atoms with van der Waals surface area (Å²) in [4.78, 5) is 0. The van der Waals surface area contributed by atoms with Crippen LogP contribution in [0.2, 0.25) is 0 Å². The summed E-state index contributed by atoms with van der Waals surface area (Å²) in [6.07, 6.45) is 3.06. The second-order valence-electron chi connectivity index (χ2n) is 9.08. The van der Waals surface area contributed by atoms with Crippen molar-refractivity contribution in [3.8, 4) is 17.2 Å². The van der Waals surface area contributed by atoms with Gasteiger partial charge in [0.25, 0.3) is 0 Å². The van der Waals surface area contributed by atoms with Gasteiger partial charge < -0.3 is 26.3 Å². The van der Waals surface area contributed by atoms with E-state index < -0.39 is 0 Å². The summed E-state index contributed by atoms with van der Waals surface area (Å²) in [6.45, 7) is 5.91. The van der Waals surface area contributed by atoms with Crippen molar-refractivity contribution in [2.75, 3.05) is 13.2 Å². The molecule has 0 fully saturated rings. The Morgan fingerprint density at radius 3 is 1.54 bits per heavy atom. The third-order valence-electron chi connectivity index (χ3n) is 5.99. The summed E-state index contributed by atoms with van der Waals surface area (Å²) in [6, 6.07) is 40.1. The molecule has 3 nitrogen and oxygen atoms in total. The first-order chi connectivity index (χ1) is 18.2. The fourth-order valence-corrected chi connectivity index (χ4v) is 3.86. The van der Waals surface area contributed by atoms with Crippen LogP contribution in [0, 0.1) is 37.1 Å². The van der Waals surface area contributed by atoms with Crippen molar-refractivity contribution < 1.29 is 110 Å². The molecule has 4 rings (SSSR count). The maximum Gasteiger partial charge on any atom is 0.119 e. The first-order valence-electron chi connectivity index (χ1n) is 12.8. The zero-order chi connectivity index (χ0) is 26.1. The van der Waals surface area contributed by atoms with Crippen molar-refractivity contribution >= 4 is 0 Å². The Bertz CT molecular complexity index is 1090. The molecule has 4 aromatic rings. The summed E-state index contributed by atoms with van der Waals surface area (Å²) >= 11 is 0. The van der Waals surface area contributed by atoms with E-state index in [1.165, 1.54) is 11.1 Å². The SMILES string of the molecule is [CH2-]Oc1ccc(Cc2ccc(OCC(C)CC(CC)COc3cc[c-]cc3)cc2)cc1.[W].[W].[W].[Y].[c-]1cc[c-]cc1. The fraction of sp³-hybridized carbons (Fsp3) is 0.265. The Kier molecular flexibility index (Phi) is 26.9. The van der Waals surface area contributed by atoms with Gasteiger partial charge in [-0.05, 0) is 60.1 Å². The normalized spacial score (nSPS) is 10.8. The molecule has 0 amide bonds. The summed E-state index contributed by atoms with van der Waals surface area (Å²) in [7, 11) is 3.43. The van der Waals surface area contributed by atoms with Crippen molar-refractivity contribution in [1.82, 2.24) is 0 Å². The Labute approximate surface area is 315 Å². The molecule has 0 aliphatic heterocycles. The maximum atomic E-state index is 6.04. The van der Waals surface area contributed by atoms with E-state index in [1.807, 2.05) is 60.7 Å². The second kappa shape index (κ2) is 25.9. The molecule has 0 aliphatic carbocycles. The van der Waals surface area contributed by atoms with E-state index >= 15 is 0 Å². The van der Waals surface area contributed by atoms with Crippen molar-refractivity contribution in [2.45, 2.75) is 33.1 Å². The fourth-order valence-electron chi connectivity index (χ4n) is 3.86. The predicted molar refractivity (Wildman–Crippen MR) is 150 cm³/mol. The summed E-state index contributed by atoms with van der Waals surface area (Å²) < 4.78 is 16.9. The van der Waals surface area contributed by atoms with Gasteiger partial charge in [-0.2, -0.15) is 25.3 Å². The van der Waals surface area contributed by atoms with Gasteiger partial charge in [0.05, 0.1) is 19.0 Å². The van der Waals surface area contributed by atoms with E-state index in [2.05, 4.69) is 75.6 Å². The molecule has 0 N–H and O–H groups in total. The standard InChI is InChI=1S/C28H32O3.C6H4.3W.Y/c1-4-23(21-31-27-8-6-5-7-9-27)18-22(2)20-30-28-16-12-25(13-17-28)19-24-10-14-26(29-3)15-11-24;1-2-4-6-5-3-1;;;;/h6-17,22-23H,3-4,18-21H2,1-2H3;1-2,5-6H;;;;/q2*-2;;;;. The smallest absolute Gasteiger partial charge is 0.119 e. The molecule has 0 aliphatic rings. The Morgan fingerprint density at radius 1 is 0.634 bits per heavy atom. The number of benzene rings is 4. The van der Waals surface area contributed by atoms with Gasteiger partial charge in [0.15, 0.2) is 0 Å². The van der Waals surface area contributed by atoms with Crippen LogP contribution in [0.15, 0.2) is 97.1 Å². The van der Waals surface area contributed by atoms with E-state index in [9.17, 15) is 0 Å². The minimum atomic E-state index is 0. The molecular weight excluding hydrogens is 1100 g/mol. The van der Waals surface area contributed by atoms with Crippen LogP contribution in [-0.2, 0) is 102 Å². The number of hydrogen-bond acceptors (Lipinski definition) is 3. The van der Waals surface area contributed by atoms with E-state index in [-0.39, 0.29) is 95.9 Å². The molecule has 1 radical (unpaired) electrons. The van der Waals surface area contributed by atoms with Gasteiger partial charge >= 0.3 is 0 Å². The molecule has 0 heterocycles. The zero-order valence-electron chi connectivity index (χ0n) is 23.7. The molecule has 0 spiro atoms. The largest absolute Gasteiger partial charge is 0.665 e. The number of hydrogen-bond donors (Lipinski definition) is 0. The van der Waals surface area contributed by atoms with E-state index in [1.54, 1.807) is 0 Å². The summed E-state index contributed by atoms with van der Waals surface area (Å²) in [5, 5.41) is 0. The van der Waals surface area contributed by atoms with Gasteiger partial charge in [0.2, 0.25) is 0 Å². The molecule has 4 aromatic carbocycles. The molecule has 2 atom stereocenters. The van der Waals surface area contributed by atoms with E-state index in [0.29, 0.717) is 18.4 Å². The average Bonchev–Trinajstić information content (AvgIpc) is 2.97. The van der Waals surface area contributed by atoms with Gasteiger partial charge in [-0.15, -0.1) is 12.1 Å². The van der Waals surface area contributed by atoms with Crippen LogP contribution in [0.3, 0.4) is 0 Å². The predicted octanol–water partition coefficient (Wildman–Crippen LogP) is 8.04. The third kappa shape index (κ3) is 18.0. The van der Waals surface area contributed by atoms with Crippen LogP contribution < -0.4 is 14.2 Å². The van der Waals surface area contributed by atoms with Gasteiger partial charge in [-0.3, -0.25) is 24.3 Å². The molecular formula is C34H36O3W3Y-4. The van der Waals surface area contributed by atoms with Crippen molar-refractivity contribution in [1.29, 1.82) is 0 Å². The summed E-state index contributed by atoms with van der Waals surface area (Å²) in [5.41, 5.74) is 2.50. The van der Waals surface area contributed by atoms with Gasteiger partial charge in [0.1, 0.15) is 5.75 Å². The average molecular weight is 1130 g/mol.